The second kappa shape index (κ2) is 30.1. The lowest BCUT2D eigenvalue weighted by molar-refractivity contribution is 0.803. The van der Waals surface area contributed by atoms with Gasteiger partial charge >= 0.3 is 0 Å². The minimum Gasteiger partial charge on any atom is -0.373 e. The van der Waals surface area contributed by atoms with Crippen LogP contribution in [0.5, 0.6) is 0 Å². The van der Waals surface area contributed by atoms with Gasteiger partial charge in [0.15, 0.2) is 0 Å². The van der Waals surface area contributed by atoms with E-state index < -0.39 is 0 Å². The van der Waals surface area contributed by atoms with Crippen molar-refractivity contribution in [2.45, 2.75) is 0 Å². The second-order valence-corrected chi connectivity index (χ2v) is 0.256. The molecular weight excluding hydrogens is 84.0 g/mol. The molecule has 0 aromatic carbocycles. The molecule has 0 saturated heterocycles. The zero-order valence-electron chi connectivity index (χ0n) is 3.00. The van der Waals surface area contributed by atoms with Crippen molar-refractivity contribution in [1.82, 2.24) is 5.53 Å². The van der Waals surface area contributed by atoms with E-state index in [0.717, 1.165) is 0 Å². The molecule has 6 nitrogen and oxygen atoms in total. The summed E-state index contributed by atoms with van der Waals surface area (Å²) in [5.41, 5.74) is 15.2. The first-order valence-electron chi connectivity index (χ1n) is 0.977. The molecular formula is H5N6-. The van der Waals surface area contributed by atoms with Crippen LogP contribution in [0, 0.1) is 0 Å². The number of rotatable bonds is 0. The van der Waals surface area contributed by atoms with Crippen molar-refractivity contribution in [2.75, 3.05) is 0 Å². The van der Waals surface area contributed by atoms with Crippen LogP contribution in [0.4, 0.5) is 0 Å². The molecule has 0 amide bonds. The van der Waals surface area contributed by atoms with E-state index in [1.54, 1.807) is 5.53 Å². The van der Waals surface area contributed by atoms with Crippen molar-refractivity contribution in [2.24, 2.45) is 11.7 Å². The Hall–Kier alpha value is -0.810. The smallest absolute Gasteiger partial charge is 0.200 e. The fraction of sp³-hybridized carbons (Fsp3) is 0. The Bertz CT molecular complexity index is 29.3. The molecule has 0 saturated carbocycles. The molecule has 0 unspecified atom stereocenters. The van der Waals surface area contributed by atoms with Gasteiger partial charge in [-0.2, -0.15) is 5.53 Å². The largest absolute Gasteiger partial charge is 0.373 e. The molecule has 5 N–H and O–H groups in total. The lowest BCUT2D eigenvalue weighted by Crippen LogP contribution is -2.29. The Kier molecular flexibility index (Phi) is 44.9. The van der Waals surface area contributed by atoms with E-state index >= 15 is 0 Å². The normalized spacial score (nSPS) is 4.33. The van der Waals surface area contributed by atoms with Gasteiger partial charge in [-0.1, -0.05) is 0 Å². The van der Waals surface area contributed by atoms with Crippen LogP contribution < -0.4 is 17.2 Å². The summed E-state index contributed by atoms with van der Waals surface area (Å²) in [5.74, 6) is 8.75. The summed E-state index contributed by atoms with van der Waals surface area (Å²) >= 11 is 0. The highest BCUT2D eigenvalue weighted by Gasteiger charge is 1.19. The molecule has 0 heterocycles. The SMILES string of the molecule is NNN.[N-]=[N+]=[N-]. The van der Waals surface area contributed by atoms with Crippen LogP contribution in [0.25, 0.3) is 16.0 Å². The predicted molar refractivity (Wildman–Crippen MR) is 21.6 cm³/mol. The van der Waals surface area contributed by atoms with E-state index in [0.29, 0.717) is 0 Å². The van der Waals surface area contributed by atoms with Crippen molar-refractivity contribution < 1.29 is 0 Å². The Morgan fingerprint density at radius 2 is 1.33 bits per heavy atom. The lowest BCUT2D eigenvalue weighted by atomic mass is 12.6. The fourth-order valence-corrected chi connectivity index (χ4v) is 0. The number of nitrogens with one attached hydrogen (secondary N) is 1. The zero-order chi connectivity index (χ0) is 5.41. The maximum Gasteiger partial charge on any atom is -0.200 e. The third-order valence-corrected chi connectivity index (χ3v) is 0. The van der Waals surface area contributed by atoms with E-state index in [9.17, 15) is 0 Å². The third kappa shape index (κ3) is 23.3. The van der Waals surface area contributed by atoms with Crippen molar-refractivity contribution in [3.05, 3.63) is 16.0 Å². The Labute approximate surface area is 34.5 Å². The standard InChI is InChI=1S/H5N3.N3/c2*1-3-2/h3H,1-2H2;/q;-1. The number of nitrogens with two attached hydrogens (primary N) is 2. The zero-order valence-corrected chi connectivity index (χ0v) is 3.00. The molecule has 0 rings (SSSR count). The summed E-state index contributed by atoms with van der Waals surface area (Å²) in [6.45, 7) is 0. The third-order valence-electron chi connectivity index (χ3n) is 0. The molecule has 0 aliphatic heterocycles. The molecule has 0 spiro atoms. The highest BCUT2D eigenvalue weighted by molar-refractivity contribution is 4.36. The molecule has 0 aromatic heterocycles. The van der Waals surface area contributed by atoms with Crippen LogP contribution in [0.2, 0.25) is 0 Å². The molecule has 6 heteroatoms. The summed E-state index contributed by atoms with van der Waals surface area (Å²) in [4.78, 5) is 1.50. The molecule has 0 aliphatic rings. The van der Waals surface area contributed by atoms with Gasteiger partial charge < -0.3 is 11.1 Å². The highest BCUT2D eigenvalue weighted by atomic mass is 15.4. The predicted octanol–water partition coefficient (Wildman–Crippen LogP) is -0.811. The van der Waals surface area contributed by atoms with Gasteiger partial charge in [0.2, 0.25) is 0 Å². The second-order valence-electron chi connectivity index (χ2n) is 0.256. The number of nitrogens with zero attached hydrogens (tertiary/aromatic N) is 3. The quantitative estimate of drug-likeness (QED) is 0.118. The van der Waals surface area contributed by atoms with Gasteiger partial charge in [-0.05, 0) is 0 Å². The first-order chi connectivity index (χ1) is 2.83. The Morgan fingerprint density at radius 3 is 1.33 bits per heavy atom. The first-order valence-corrected chi connectivity index (χ1v) is 0.977. The number of hydrazine groups is 2. The highest BCUT2D eigenvalue weighted by Crippen LogP contribution is 1.29. The van der Waals surface area contributed by atoms with E-state index in [4.69, 9.17) is 11.1 Å². The maximum absolute atomic E-state index is 6.75. The molecule has 36 valence electrons. The minimum atomic E-state index is 1.50. The van der Waals surface area contributed by atoms with Crippen LogP contribution in [-0.4, -0.2) is 0 Å². The number of hydrogen-bond acceptors (Lipinski definition) is 3. The van der Waals surface area contributed by atoms with Crippen molar-refractivity contribution in [3.8, 4) is 0 Å². The minimum absolute atomic E-state index is 1.50. The van der Waals surface area contributed by atoms with Crippen molar-refractivity contribution in [3.63, 3.8) is 0 Å². The van der Waals surface area contributed by atoms with Crippen LogP contribution in [-0.2, 0) is 0 Å². The van der Waals surface area contributed by atoms with Gasteiger partial charge in [0.1, 0.15) is 0 Å². The molecule has 0 aromatic rings. The number of hydrogen-bond donors (Lipinski definition) is 3. The Morgan fingerprint density at radius 1 is 1.33 bits per heavy atom. The van der Waals surface area contributed by atoms with Gasteiger partial charge in [0.25, 0.3) is 0 Å². The van der Waals surface area contributed by atoms with Gasteiger partial charge in [-0.25, -0.2) is 0 Å². The molecule has 6 heavy (non-hydrogen) atoms. The average molecular weight is 89.1 g/mol. The van der Waals surface area contributed by atoms with Gasteiger partial charge in [0.05, 0.1) is 0 Å². The van der Waals surface area contributed by atoms with Gasteiger partial charge in [-0.3, -0.25) is 16.6 Å². The van der Waals surface area contributed by atoms with Gasteiger partial charge in [0, 0.05) is 0 Å². The average Bonchev–Trinajstić information content (AvgIpc) is 1.39. The molecule has 0 atom stereocenters. The Balaban J connectivity index is 0. The lowest BCUT2D eigenvalue weighted by Gasteiger charge is -1.64. The summed E-state index contributed by atoms with van der Waals surface area (Å²) in [7, 11) is 0. The first kappa shape index (κ1) is 8.95. The molecule has 0 radical (unpaired) electrons. The van der Waals surface area contributed by atoms with Crippen molar-refractivity contribution >= 4 is 0 Å². The van der Waals surface area contributed by atoms with E-state index in [-0.39, 0.29) is 0 Å². The fourth-order valence-electron chi connectivity index (χ4n) is 0. The van der Waals surface area contributed by atoms with E-state index in [1.807, 2.05) is 0 Å². The van der Waals surface area contributed by atoms with Crippen LogP contribution >= 0.6 is 0 Å². The van der Waals surface area contributed by atoms with Crippen LogP contribution in [0.3, 0.4) is 0 Å². The van der Waals surface area contributed by atoms with Crippen molar-refractivity contribution in [1.29, 1.82) is 0 Å². The summed E-state index contributed by atoms with van der Waals surface area (Å²) in [6, 6.07) is 0. The maximum atomic E-state index is 6.75. The molecule has 0 fully saturated rings. The summed E-state index contributed by atoms with van der Waals surface area (Å²) < 4.78 is 0. The topological polar surface area (TPSA) is 123 Å². The van der Waals surface area contributed by atoms with E-state index in [2.05, 4.69) is 11.7 Å². The van der Waals surface area contributed by atoms with Crippen LogP contribution in [0.1, 0.15) is 0 Å². The monoisotopic (exact) mass is 89.1 g/mol. The van der Waals surface area contributed by atoms with Crippen LogP contribution in [0.15, 0.2) is 0 Å². The molecule has 0 bridgehead atoms. The molecule has 0 aliphatic carbocycles. The summed E-state index contributed by atoms with van der Waals surface area (Å²) in [6.07, 6.45) is 0. The van der Waals surface area contributed by atoms with Gasteiger partial charge in [-0.15, -0.1) is 0 Å². The van der Waals surface area contributed by atoms with E-state index in [1.165, 1.54) is 4.91 Å². The summed E-state index contributed by atoms with van der Waals surface area (Å²) in [5, 5.41) is 0.